The molecule has 0 saturated carbocycles. The second kappa shape index (κ2) is 8.10. The number of nitrogens with zero attached hydrogens (tertiary/aromatic N) is 3. The van der Waals surface area contributed by atoms with Gasteiger partial charge in [-0.2, -0.15) is 4.31 Å². The number of rotatable bonds is 4. The number of hydrogen-bond acceptors (Lipinski definition) is 5. The van der Waals surface area contributed by atoms with Gasteiger partial charge in [0.05, 0.1) is 9.82 Å². The Morgan fingerprint density at radius 1 is 1.07 bits per heavy atom. The van der Waals surface area contributed by atoms with Gasteiger partial charge >= 0.3 is 0 Å². The summed E-state index contributed by atoms with van der Waals surface area (Å²) >= 11 is 5.90. The highest BCUT2D eigenvalue weighted by Gasteiger charge is 2.33. The molecule has 0 aliphatic carbocycles. The maximum absolute atomic E-state index is 13.0. The number of carbonyl (C=O) groups excluding carboxylic acids is 1. The third-order valence-corrected chi connectivity index (χ3v) is 7.15. The lowest BCUT2D eigenvalue weighted by Crippen LogP contribution is -2.50. The Balaban J connectivity index is 1.79. The molecule has 0 spiro atoms. The Morgan fingerprint density at radius 3 is 2.34 bits per heavy atom. The lowest BCUT2D eigenvalue weighted by molar-refractivity contribution is -0.385. The van der Waals surface area contributed by atoms with E-state index in [0.717, 1.165) is 5.56 Å². The molecule has 0 unspecified atom stereocenters. The third kappa shape index (κ3) is 4.26. The van der Waals surface area contributed by atoms with Gasteiger partial charge in [-0.1, -0.05) is 23.7 Å². The van der Waals surface area contributed by atoms with E-state index in [1.807, 2.05) is 13.0 Å². The Morgan fingerprint density at radius 2 is 1.72 bits per heavy atom. The van der Waals surface area contributed by atoms with Gasteiger partial charge < -0.3 is 4.90 Å². The van der Waals surface area contributed by atoms with E-state index in [1.54, 1.807) is 19.1 Å². The van der Waals surface area contributed by atoms with Crippen LogP contribution in [0.2, 0.25) is 5.02 Å². The number of nitro benzene ring substituents is 1. The zero-order chi connectivity index (χ0) is 21.3. The average molecular weight is 438 g/mol. The summed E-state index contributed by atoms with van der Waals surface area (Å²) < 4.78 is 27.4. The second-order valence-electron chi connectivity index (χ2n) is 6.88. The minimum Gasteiger partial charge on any atom is -0.336 e. The van der Waals surface area contributed by atoms with Crippen LogP contribution in [0.5, 0.6) is 0 Å². The third-order valence-electron chi connectivity index (χ3n) is 4.87. The summed E-state index contributed by atoms with van der Waals surface area (Å²) in [5.41, 5.74) is 1.07. The van der Waals surface area contributed by atoms with Crippen LogP contribution in [0.1, 0.15) is 21.5 Å². The zero-order valence-corrected chi connectivity index (χ0v) is 17.5. The molecule has 10 heteroatoms. The van der Waals surface area contributed by atoms with Crippen LogP contribution in [0.3, 0.4) is 0 Å². The Labute approximate surface area is 173 Å². The van der Waals surface area contributed by atoms with Crippen LogP contribution in [0.25, 0.3) is 0 Å². The average Bonchev–Trinajstić information content (AvgIpc) is 2.69. The van der Waals surface area contributed by atoms with Crippen LogP contribution in [-0.4, -0.2) is 54.6 Å². The van der Waals surface area contributed by atoms with E-state index in [-0.39, 0.29) is 47.3 Å². The highest BCUT2D eigenvalue weighted by molar-refractivity contribution is 7.89. The van der Waals surface area contributed by atoms with Crippen LogP contribution in [-0.2, 0) is 10.0 Å². The summed E-state index contributed by atoms with van der Waals surface area (Å²) in [6.45, 7) is 4.04. The maximum atomic E-state index is 13.0. The van der Waals surface area contributed by atoms with Crippen molar-refractivity contribution in [3.8, 4) is 0 Å². The summed E-state index contributed by atoms with van der Waals surface area (Å²) in [6, 6.07) is 9.06. The molecule has 8 nitrogen and oxygen atoms in total. The lowest BCUT2D eigenvalue weighted by atomic mass is 10.1. The highest BCUT2D eigenvalue weighted by atomic mass is 35.5. The van der Waals surface area contributed by atoms with Crippen molar-refractivity contribution in [2.75, 3.05) is 26.2 Å². The standard InChI is InChI=1S/C19H20ClN3O5S/c1-13-3-4-14(2)18(11-13)29(27,28)22-9-7-21(8-10-22)19(24)16-12-15(20)5-6-17(16)23(25)26/h3-6,11-12H,7-10H2,1-2H3. The van der Waals surface area contributed by atoms with Gasteiger partial charge in [0.2, 0.25) is 10.0 Å². The summed E-state index contributed by atoms with van der Waals surface area (Å²) in [4.78, 5) is 25.1. The molecule has 2 aromatic carbocycles. The van der Waals surface area contributed by atoms with Gasteiger partial charge in [-0.15, -0.1) is 0 Å². The number of amides is 1. The van der Waals surface area contributed by atoms with E-state index < -0.39 is 20.9 Å². The molecule has 0 aromatic heterocycles. The van der Waals surface area contributed by atoms with E-state index in [2.05, 4.69) is 0 Å². The van der Waals surface area contributed by atoms with Gasteiger partial charge in [-0.25, -0.2) is 8.42 Å². The van der Waals surface area contributed by atoms with E-state index in [1.165, 1.54) is 27.4 Å². The van der Waals surface area contributed by atoms with Gasteiger partial charge in [0.15, 0.2) is 0 Å². The number of benzene rings is 2. The van der Waals surface area contributed by atoms with Gasteiger partial charge in [-0.05, 0) is 43.2 Å². The zero-order valence-electron chi connectivity index (χ0n) is 16.0. The molecule has 2 aromatic rings. The van der Waals surface area contributed by atoms with Gasteiger partial charge in [0.25, 0.3) is 11.6 Å². The highest BCUT2D eigenvalue weighted by Crippen LogP contribution is 2.26. The number of carbonyl (C=O) groups is 1. The molecule has 29 heavy (non-hydrogen) atoms. The normalized spacial score (nSPS) is 15.3. The topological polar surface area (TPSA) is 101 Å². The lowest BCUT2D eigenvalue weighted by Gasteiger charge is -2.34. The first kappa shape index (κ1) is 21.2. The second-order valence-corrected chi connectivity index (χ2v) is 9.23. The van der Waals surface area contributed by atoms with Crippen molar-refractivity contribution in [1.29, 1.82) is 0 Å². The maximum Gasteiger partial charge on any atom is 0.282 e. The monoisotopic (exact) mass is 437 g/mol. The first-order valence-corrected chi connectivity index (χ1v) is 10.7. The first-order chi connectivity index (χ1) is 13.6. The van der Waals surface area contributed by atoms with Crippen molar-refractivity contribution in [2.24, 2.45) is 0 Å². The van der Waals surface area contributed by atoms with Crippen molar-refractivity contribution in [3.05, 3.63) is 68.2 Å². The van der Waals surface area contributed by atoms with Crippen LogP contribution < -0.4 is 0 Å². The quantitative estimate of drug-likeness (QED) is 0.540. The van der Waals surface area contributed by atoms with Crippen molar-refractivity contribution < 1.29 is 18.1 Å². The number of hydrogen-bond donors (Lipinski definition) is 0. The minimum atomic E-state index is -3.69. The predicted octanol–water partition coefficient (Wildman–Crippen LogP) is 3.01. The molecule has 1 aliphatic heterocycles. The van der Waals surface area contributed by atoms with Crippen LogP contribution in [0.4, 0.5) is 5.69 Å². The molecule has 0 bridgehead atoms. The fourth-order valence-corrected chi connectivity index (χ4v) is 5.17. The number of aryl methyl sites for hydroxylation is 2. The predicted molar refractivity (Wildman–Crippen MR) is 109 cm³/mol. The summed E-state index contributed by atoms with van der Waals surface area (Å²) in [6.07, 6.45) is 0. The van der Waals surface area contributed by atoms with Crippen molar-refractivity contribution in [2.45, 2.75) is 18.7 Å². The first-order valence-electron chi connectivity index (χ1n) is 8.92. The molecule has 3 rings (SSSR count). The summed E-state index contributed by atoms with van der Waals surface area (Å²) in [5.74, 6) is -0.539. The molecule has 1 heterocycles. The fraction of sp³-hybridized carbons (Fsp3) is 0.316. The van der Waals surface area contributed by atoms with Crippen LogP contribution in [0, 0.1) is 24.0 Å². The Kier molecular flexibility index (Phi) is 5.92. The van der Waals surface area contributed by atoms with Gasteiger partial charge in [0, 0.05) is 37.3 Å². The molecule has 0 N–H and O–H groups in total. The Hall–Kier alpha value is -2.49. The molecule has 1 amide bonds. The molecule has 1 saturated heterocycles. The molecule has 0 radical (unpaired) electrons. The van der Waals surface area contributed by atoms with Crippen molar-refractivity contribution in [3.63, 3.8) is 0 Å². The van der Waals surface area contributed by atoms with Gasteiger partial charge in [-0.3, -0.25) is 14.9 Å². The largest absolute Gasteiger partial charge is 0.336 e. The van der Waals surface area contributed by atoms with E-state index in [0.29, 0.717) is 5.56 Å². The van der Waals surface area contributed by atoms with E-state index >= 15 is 0 Å². The molecular formula is C19H20ClN3O5S. The van der Waals surface area contributed by atoms with E-state index in [4.69, 9.17) is 11.6 Å². The van der Waals surface area contributed by atoms with Crippen molar-refractivity contribution >= 4 is 33.2 Å². The number of nitro groups is 1. The minimum absolute atomic E-state index is 0.103. The SMILES string of the molecule is Cc1ccc(C)c(S(=O)(=O)N2CCN(C(=O)c3cc(Cl)ccc3[N+](=O)[O-])CC2)c1. The number of halogens is 1. The fourth-order valence-electron chi connectivity index (χ4n) is 3.26. The Bertz CT molecular complexity index is 1080. The summed E-state index contributed by atoms with van der Waals surface area (Å²) in [5, 5.41) is 11.4. The van der Waals surface area contributed by atoms with Crippen LogP contribution >= 0.6 is 11.6 Å². The van der Waals surface area contributed by atoms with E-state index in [9.17, 15) is 23.3 Å². The molecule has 1 aliphatic rings. The summed E-state index contributed by atoms with van der Waals surface area (Å²) in [7, 11) is -3.69. The molecule has 0 atom stereocenters. The number of sulfonamides is 1. The molecule has 154 valence electrons. The smallest absolute Gasteiger partial charge is 0.282 e. The van der Waals surface area contributed by atoms with Crippen molar-refractivity contribution in [1.82, 2.24) is 9.21 Å². The molecule has 1 fully saturated rings. The number of piperazine rings is 1. The molecular weight excluding hydrogens is 418 g/mol. The van der Waals surface area contributed by atoms with Gasteiger partial charge in [0.1, 0.15) is 5.56 Å². The van der Waals surface area contributed by atoms with Crippen LogP contribution in [0.15, 0.2) is 41.3 Å².